The van der Waals surface area contributed by atoms with Gasteiger partial charge in [0.1, 0.15) is 0 Å². The predicted molar refractivity (Wildman–Crippen MR) is 119 cm³/mol. The van der Waals surface area contributed by atoms with E-state index in [9.17, 15) is 9.90 Å². The van der Waals surface area contributed by atoms with Crippen LogP contribution < -0.4 is 5.32 Å². The van der Waals surface area contributed by atoms with E-state index in [4.69, 9.17) is 0 Å². The van der Waals surface area contributed by atoms with Crippen molar-refractivity contribution < 1.29 is 9.90 Å². The fourth-order valence-electron chi connectivity index (χ4n) is 4.76. The SMILES string of the molecule is Cc1cccc(CCC=C[C@@H]2[C@H]3CC(CCNCC(=O)N(C)C)=C[C@H]3C[C@H]2O)c1. The number of nitrogens with one attached hydrogen (secondary N) is 1. The molecule has 0 bridgehead atoms. The number of fused-ring (bicyclic) bond motifs is 1. The Morgan fingerprint density at radius 2 is 2.14 bits per heavy atom. The summed E-state index contributed by atoms with van der Waals surface area (Å²) in [5.41, 5.74) is 4.17. The van der Waals surface area contributed by atoms with Gasteiger partial charge in [0.2, 0.25) is 5.91 Å². The van der Waals surface area contributed by atoms with E-state index in [1.165, 1.54) is 16.7 Å². The van der Waals surface area contributed by atoms with Gasteiger partial charge in [-0.15, -0.1) is 0 Å². The summed E-state index contributed by atoms with van der Waals surface area (Å²) in [6.07, 6.45) is 11.8. The van der Waals surface area contributed by atoms with Gasteiger partial charge in [0.05, 0.1) is 12.6 Å². The molecule has 158 valence electrons. The summed E-state index contributed by atoms with van der Waals surface area (Å²) in [6, 6.07) is 8.70. The van der Waals surface area contributed by atoms with E-state index < -0.39 is 0 Å². The molecule has 0 aliphatic heterocycles. The van der Waals surface area contributed by atoms with E-state index >= 15 is 0 Å². The van der Waals surface area contributed by atoms with Gasteiger partial charge < -0.3 is 15.3 Å². The van der Waals surface area contributed by atoms with Gasteiger partial charge in [-0.2, -0.15) is 0 Å². The molecule has 1 fully saturated rings. The number of rotatable bonds is 9. The van der Waals surface area contributed by atoms with Gasteiger partial charge >= 0.3 is 0 Å². The van der Waals surface area contributed by atoms with Crippen molar-refractivity contribution in [3.63, 3.8) is 0 Å². The summed E-state index contributed by atoms with van der Waals surface area (Å²) < 4.78 is 0. The van der Waals surface area contributed by atoms with Crippen LogP contribution in [-0.4, -0.2) is 49.2 Å². The maximum absolute atomic E-state index is 11.6. The van der Waals surface area contributed by atoms with Crippen LogP contribution in [0.25, 0.3) is 0 Å². The standard InChI is InChI=1S/C25H36N2O2/c1-18-7-6-9-19(13-18)8-4-5-10-22-23-15-20(14-21(23)16-24(22)28)11-12-26-17-25(29)27(2)3/h5-7,9-10,13-14,21-24,26,28H,4,8,11-12,15-17H2,1-3H3/t21-,22+,23-,24+/m0/s1. The van der Waals surface area contributed by atoms with Gasteiger partial charge in [-0.25, -0.2) is 0 Å². The van der Waals surface area contributed by atoms with Crippen LogP contribution in [-0.2, 0) is 11.2 Å². The zero-order valence-electron chi connectivity index (χ0n) is 18.1. The van der Waals surface area contributed by atoms with Crippen LogP contribution in [0.5, 0.6) is 0 Å². The Hall–Kier alpha value is -1.91. The first-order chi connectivity index (χ1) is 13.9. The van der Waals surface area contributed by atoms with Crippen LogP contribution in [0.1, 0.15) is 36.8 Å². The van der Waals surface area contributed by atoms with Crippen LogP contribution in [0.15, 0.2) is 48.1 Å². The number of aliphatic hydroxyl groups is 1. The lowest BCUT2D eigenvalue weighted by Crippen LogP contribution is -2.33. The summed E-state index contributed by atoms with van der Waals surface area (Å²) in [4.78, 5) is 13.2. The number of aryl methyl sites for hydroxylation is 2. The number of benzene rings is 1. The molecule has 4 heteroatoms. The number of amides is 1. The fourth-order valence-corrected chi connectivity index (χ4v) is 4.76. The van der Waals surface area contributed by atoms with Crippen molar-refractivity contribution in [3.05, 3.63) is 59.2 Å². The molecular weight excluding hydrogens is 360 g/mol. The molecule has 4 nitrogen and oxygen atoms in total. The first kappa shape index (κ1) is 21.8. The molecule has 1 saturated carbocycles. The summed E-state index contributed by atoms with van der Waals surface area (Å²) in [5, 5.41) is 13.8. The number of carbonyl (C=O) groups excluding carboxylic acids is 1. The molecule has 29 heavy (non-hydrogen) atoms. The quantitative estimate of drug-likeness (QED) is 0.496. The van der Waals surface area contributed by atoms with E-state index in [0.717, 1.165) is 38.6 Å². The number of carbonyl (C=O) groups is 1. The first-order valence-corrected chi connectivity index (χ1v) is 10.9. The number of allylic oxidation sites excluding steroid dienone is 2. The highest BCUT2D eigenvalue weighted by Gasteiger charge is 2.43. The van der Waals surface area contributed by atoms with Gasteiger partial charge in [0.25, 0.3) is 0 Å². The fraction of sp³-hybridized carbons (Fsp3) is 0.560. The molecule has 0 heterocycles. The van der Waals surface area contributed by atoms with E-state index in [0.29, 0.717) is 18.4 Å². The number of hydrogen-bond donors (Lipinski definition) is 2. The number of likely N-dealkylation sites (N-methyl/N-ethyl adjacent to an activating group) is 1. The van der Waals surface area contributed by atoms with Gasteiger partial charge in [-0.05, 0) is 63.0 Å². The van der Waals surface area contributed by atoms with Crippen molar-refractivity contribution in [2.45, 2.75) is 45.1 Å². The molecular formula is C25H36N2O2. The minimum atomic E-state index is -0.214. The van der Waals surface area contributed by atoms with Crippen LogP contribution in [0, 0.1) is 24.7 Å². The maximum atomic E-state index is 11.6. The molecule has 2 N–H and O–H groups in total. The third kappa shape index (κ3) is 6.03. The topological polar surface area (TPSA) is 52.6 Å². The van der Waals surface area contributed by atoms with Gasteiger partial charge in [0.15, 0.2) is 0 Å². The minimum Gasteiger partial charge on any atom is -0.392 e. The molecule has 0 saturated heterocycles. The molecule has 0 aromatic heterocycles. The van der Waals surface area contributed by atoms with Gasteiger partial charge in [0, 0.05) is 20.0 Å². The van der Waals surface area contributed by atoms with Crippen LogP contribution in [0.4, 0.5) is 0 Å². The normalized spacial score (nSPS) is 26.0. The lowest BCUT2D eigenvalue weighted by atomic mass is 9.89. The second kappa shape index (κ2) is 10.2. The Labute approximate surface area is 175 Å². The maximum Gasteiger partial charge on any atom is 0.236 e. The third-order valence-corrected chi connectivity index (χ3v) is 6.39. The summed E-state index contributed by atoms with van der Waals surface area (Å²) in [5.74, 6) is 1.43. The van der Waals surface area contributed by atoms with Gasteiger partial charge in [-0.3, -0.25) is 4.79 Å². The molecule has 0 spiro atoms. The minimum absolute atomic E-state index is 0.112. The largest absolute Gasteiger partial charge is 0.392 e. The van der Waals surface area contributed by atoms with E-state index in [-0.39, 0.29) is 17.9 Å². The lowest BCUT2D eigenvalue weighted by Gasteiger charge is -2.18. The molecule has 1 aromatic rings. The van der Waals surface area contributed by atoms with Crippen molar-refractivity contribution in [2.75, 3.05) is 27.2 Å². The highest BCUT2D eigenvalue weighted by Crippen LogP contribution is 2.47. The van der Waals surface area contributed by atoms with Crippen molar-refractivity contribution in [2.24, 2.45) is 17.8 Å². The molecule has 4 atom stereocenters. The number of nitrogens with zero attached hydrogens (tertiary/aromatic N) is 1. The zero-order valence-corrected chi connectivity index (χ0v) is 18.1. The molecule has 2 aliphatic carbocycles. The molecule has 2 aliphatic rings. The van der Waals surface area contributed by atoms with E-state index in [1.54, 1.807) is 19.0 Å². The smallest absolute Gasteiger partial charge is 0.236 e. The van der Waals surface area contributed by atoms with Crippen molar-refractivity contribution in [1.82, 2.24) is 10.2 Å². The molecule has 0 radical (unpaired) electrons. The first-order valence-electron chi connectivity index (χ1n) is 10.9. The molecule has 3 rings (SSSR count). The van der Waals surface area contributed by atoms with E-state index in [2.05, 4.69) is 54.7 Å². The summed E-state index contributed by atoms with van der Waals surface area (Å²) in [6.45, 7) is 3.37. The van der Waals surface area contributed by atoms with Crippen LogP contribution in [0.3, 0.4) is 0 Å². The Kier molecular flexibility index (Phi) is 7.68. The average Bonchev–Trinajstić information content (AvgIpc) is 3.19. The highest BCUT2D eigenvalue weighted by molar-refractivity contribution is 5.77. The van der Waals surface area contributed by atoms with Crippen molar-refractivity contribution in [3.8, 4) is 0 Å². The Bertz CT molecular complexity index is 753. The molecule has 0 unspecified atom stereocenters. The second-order valence-electron chi connectivity index (χ2n) is 8.91. The lowest BCUT2D eigenvalue weighted by molar-refractivity contribution is -0.127. The van der Waals surface area contributed by atoms with Crippen LogP contribution >= 0.6 is 0 Å². The molecule has 1 aromatic carbocycles. The molecule has 1 amide bonds. The second-order valence-corrected chi connectivity index (χ2v) is 8.91. The monoisotopic (exact) mass is 396 g/mol. The van der Waals surface area contributed by atoms with Gasteiger partial charge in [-0.1, -0.05) is 53.6 Å². The van der Waals surface area contributed by atoms with Crippen molar-refractivity contribution in [1.29, 1.82) is 0 Å². The Morgan fingerprint density at radius 3 is 2.90 bits per heavy atom. The number of hydrogen-bond acceptors (Lipinski definition) is 3. The van der Waals surface area contributed by atoms with Crippen LogP contribution in [0.2, 0.25) is 0 Å². The Balaban J connectivity index is 1.43. The zero-order chi connectivity index (χ0) is 20.8. The average molecular weight is 397 g/mol. The summed E-state index contributed by atoms with van der Waals surface area (Å²) in [7, 11) is 3.56. The summed E-state index contributed by atoms with van der Waals surface area (Å²) >= 11 is 0. The Morgan fingerprint density at radius 1 is 1.31 bits per heavy atom. The third-order valence-electron chi connectivity index (χ3n) is 6.39. The number of aliphatic hydroxyl groups excluding tert-OH is 1. The predicted octanol–water partition coefficient (Wildman–Crippen LogP) is 3.50. The van der Waals surface area contributed by atoms with E-state index in [1.807, 2.05) is 0 Å². The highest BCUT2D eigenvalue weighted by atomic mass is 16.3. The van der Waals surface area contributed by atoms with Crippen molar-refractivity contribution >= 4 is 5.91 Å².